The lowest BCUT2D eigenvalue weighted by atomic mass is 10.0. The Hall–Kier alpha value is -1.10. The molecule has 21 heavy (non-hydrogen) atoms. The second-order valence-corrected chi connectivity index (χ2v) is 6.67. The largest absolute Gasteiger partial charge is 0.317 e. The molecule has 4 nitrogen and oxygen atoms in total. The van der Waals surface area contributed by atoms with E-state index in [1.54, 1.807) is 0 Å². The van der Waals surface area contributed by atoms with Crippen LogP contribution in [0.25, 0.3) is 0 Å². The molecule has 112 valence electrons. The van der Waals surface area contributed by atoms with Crippen molar-refractivity contribution in [3.8, 4) is 0 Å². The maximum absolute atomic E-state index is 12.4. The summed E-state index contributed by atoms with van der Waals surface area (Å²) in [7, 11) is 0. The van der Waals surface area contributed by atoms with Crippen molar-refractivity contribution < 1.29 is 4.79 Å². The number of hydrogen-bond acceptors (Lipinski definition) is 3. The van der Waals surface area contributed by atoms with Gasteiger partial charge >= 0.3 is 0 Å². The molecule has 0 radical (unpaired) electrons. The molecule has 0 spiro atoms. The van der Waals surface area contributed by atoms with Crippen molar-refractivity contribution in [2.75, 3.05) is 19.6 Å². The molecule has 1 aromatic rings. The van der Waals surface area contributed by atoms with Gasteiger partial charge < -0.3 is 4.90 Å². The van der Waals surface area contributed by atoms with Crippen molar-refractivity contribution in [1.29, 1.82) is 0 Å². The minimum absolute atomic E-state index is 0.000293. The molecule has 3 atom stereocenters. The third kappa shape index (κ3) is 2.26. The van der Waals surface area contributed by atoms with E-state index in [-0.39, 0.29) is 12.1 Å². The average molecular weight is 306 g/mol. The van der Waals surface area contributed by atoms with E-state index in [9.17, 15) is 4.79 Å². The number of carbonyl (C=O) groups is 1. The van der Waals surface area contributed by atoms with E-state index in [0.717, 1.165) is 23.6 Å². The lowest BCUT2D eigenvalue weighted by Gasteiger charge is -2.34. The van der Waals surface area contributed by atoms with Crippen LogP contribution in [0.4, 0.5) is 0 Å². The van der Waals surface area contributed by atoms with Crippen LogP contribution in [-0.4, -0.2) is 47.4 Å². The Morgan fingerprint density at radius 3 is 2.71 bits per heavy atom. The minimum Gasteiger partial charge on any atom is -0.317 e. The van der Waals surface area contributed by atoms with Crippen LogP contribution in [0.15, 0.2) is 24.3 Å². The van der Waals surface area contributed by atoms with Gasteiger partial charge in [0.2, 0.25) is 5.91 Å². The summed E-state index contributed by atoms with van der Waals surface area (Å²) in [4.78, 5) is 17.1. The Kier molecular flexibility index (Phi) is 3.40. The number of fused-ring (bicyclic) bond motifs is 1. The van der Waals surface area contributed by atoms with Crippen molar-refractivity contribution in [3.05, 3.63) is 34.9 Å². The second kappa shape index (κ2) is 5.27. The first-order valence-corrected chi connectivity index (χ1v) is 8.16. The maximum atomic E-state index is 12.4. The Bertz CT molecular complexity index is 547. The number of amides is 1. The summed E-state index contributed by atoms with van der Waals surface area (Å²) in [6.07, 6.45) is 3.59. The fraction of sp³-hybridized carbons (Fsp3) is 0.562. The molecule has 3 aliphatic rings. The minimum atomic E-state index is 0.000293. The summed E-state index contributed by atoms with van der Waals surface area (Å²) >= 11 is 5.98. The normalized spacial score (nSPS) is 32.9. The first kappa shape index (κ1) is 13.6. The number of nitrogens with zero attached hydrogens (tertiary/aromatic N) is 2. The molecule has 0 aromatic heterocycles. The molecular weight excluding hydrogens is 286 g/mol. The molecule has 0 saturated carbocycles. The van der Waals surface area contributed by atoms with Gasteiger partial charge in [0.25, 0.3) is 0 Å². The van der Waals surface area contributed by atoms with Gasteiger partial charge in [-0.2, -0.15) is 0 Å². The molecule has 3 unspecified atom stereocenters. The number of nitrogens with one attached hydrogen (secondary N) is 1. The monoisotopic (exact) mass is 305 g/mol. The second-order valence-electron chi connectivity index (χ2n) is 6.24. The number of benzene rings is 1. The van der Waals surface area contributed by atoms with Crippen LogP contribution in [-0.2, 0) is 4.79 Å². The Balaban J connectivity index is 1.62. The number of halogens is 1. The molecule has 0 bridgehead atoms. The van der Waals surface area contributed by atoms with E-state index in [1.807, 2.05) is 24.3 Å². The molecule has 3 saturated heterocycles. The predicted molar refractivity (Wildman–Crippen MR) is 82.0 cm³/mol. The van der Waals surface area contributed by atoms with E-state index in [1.165, 1.54) is 19.4 Å². The van der Waals surface area contributed by atoms with E-state index in [0.29, 0.717) is 18.6 Å². The van der Waals surface area contributed by atoms with Crippen molar-refractivity contribution in [2.45, 2.75) is 37.5 Å². The SMILES string of the molecule is O=C1CNC(c2ccc(Cl)cc2)N1C1CCN2CCCC12. The zero-order valence-electron chi connectivity index (χ0n) is 12.0. The quantitative estimate of drug-likeness (QED) is 0.908. The van der Waals surface area contributed by atoms with E-state index < -0.39 is 0 Å². The molecule has 3 aliphatic heterocycles. The lowest BCUT2D eigenvalue weighted by molar-refractivity contribution is -0.130. The standard InChI is InChI=1S/C16H20ClN3O/c17-12-5-3-11(4-6-12)16-18-10-15(21)20(16)14-7-9-19-8-1-2-13(14)19/h3-6,13-14,16,18H,1-2,7-10H2. The van der Waals surface area contributed by atoms with Crippen molar-refractivity contribution in [3.63, 3.8) is 0 Å². The van der Waals surface area contributed by atoms with Gasteiger partial charge in [-0.15, -0.1) is 0 Å². The molecule has 3 fully saturated rings. The van der Waals surface area contributed by atoms with Crippen LogP contribution in [0, 0.1) is 0 Å². The summed E-state index contributed by atoms with van der Waals surface area (Å²) in [6.45, 7) is 2.77. The van der Waals surface area contributed by atoms with Gasteiger partial charge in [0.05, 0.1) is 12.6 Å². The molecule has 1 N–H and O–H groups in total. The number of rotatable bonds is 2. The van der Waals surface area contributed by atoms with Gasteiger partial charge in [0, 0.05) is 17.6 Å². The third-order valence-corrected chi connectivity index (χ3v) is 5.38. The first-order chi connectivity index (χ1) is 10.2. The highest BCUT2D eigenvalue weighted by Gasteiger charge is 2.46. The van der Waals surface area contributed by atoms with Crippen molar-refractivity contribution >= 4 is 17.5 Å². The number of carbonyl (C=O) groups excluding carboxylic acids is 1. The van der Waals surface area contributed by atoms with Crippen molar-refractivity contribution in [1.82, 2.24) is 15.1 Å². The lowest BCUT2D eigenvalue weighted by Crippen LogP contribution is -2.45. The van der Waals surface area contributed by atoms with E-state index in [4.69, 9.17) is 11.6 Å². The molecular formula is C16H20ClN3O. The van der Waals surface area contributed by atoms with Crippen LogP contribution in [0.1, 0.15) is 31.0 Å². The summed E-state index contributed by atoms with van der Waals surface area (Å²) in [5, 5.41) is 4.10. The van der Waals surface area contributed by atoms with Crippen LogP contribution in [0.5, 0.6) is 0 Å². The Morgan fingerprint density at radius 1 is 1.10 bits per heavy atom. The summed E-state index contributed by atoms with van der Waals surface area (Å²) in [5.74, 6) is 0.230. The fourth-order valence-electron chi connectivity index (χ4n) is 4.20. The van der Waals surface area contributed by atoms with E-state index >= 15 is 0 Å². The van der Waals surface area contributed by atoms with Crippen LogP contribution in [0.3, 0.4) is 0 Å². The predicted octanol–water partition coefficient (Wildman–Crippen LogP) is 2.01. The van der Waals surface area contributed by atoms with Gasteiger partial charge in [-0.3, -0.25) is 15.0 Å². The van der Waals surface area contributed by atoms with Crippen molar-refractivity contribution in [2.24, 2.45) is 0 Å². The highest BCUT2D eigenvalue weighted by molar-refractivity contribution is 6.30. The smallest absolute Gasteiger partial charge is 0.238 e. The maximum Gasteiger partial charge on any atom is 0.238 e. The van der Waals surface area contributed by atoms with Crippen LogP contribution < -0.4 is 5.32 Å². The summed E-state index contributed by atoms with van der Waals surface area (Å²) < 4.78 is 0. The zero-order valence-corrected chi connectivity index (χ0v) is 12.7. The van der Waals surface area contributed by atoms with Gasteiger partial charge in [0.15, 0.2) is 0 Å². The fourth-order valence-corrected chi connectivity index (χ4v) is 4.32. The van der Waals surface area contributed by atoms with Crippen LogP contribution >= 0.6 is 11.6 Å². The number of hydrogen-bond donors (Lipinski definition) is 1. The zero-order chi connectivity index (χ0) is 14.4. The Morgan fingerprint density at radius 2 is 1.90 bits per heavy atom. The molecule has 1 amide bonds. The van der Waals surface area contributed by atoms with E-state index in [2.05, 4.69) is 15.1 Å². The highest BCUT2D eigenvalue weighted by atomic mass is 35.5. The third-order valence-electron chi connectivity index (χ3n) is 5.13. The summed E-state index contributed by atoms with van der Waals surface area (Å²) in [6, 6.07) is 8.76. The highest BCUT2D eigenvalue weighted by Crippen LogP contribution is 2.36. The van der Waals surface area contributed by atoms with Gasteiger partial charge in [-0.25, -0.2) is 0 Å². The van der Waals surface area contributed by atoms with Gasteiger partial charge in [-0.1, -0.05) is 23.7 Å². The summed E-state index contributed by atoms with van der Waals surface area (Å²) in [5.41, 5.74) is 1.13. The molecule has 1 aromatic carbocycles. The molecule has 5 heteroatoms. The average Bonchev–Trinajstić information content (AvgIpc) is 3.15. The Labute approximate surface area is 130 Å². The first-order valence-electron chi connectivity index (χ1n) is 7.78. The van der Waals surface area contributed by atoms with Gasteiger partial charge in [-0.05, 0) is 43.5 Å². The molecule has 3 heterocycles. The van der Waals surface area contributed by atoms with Gasteiger partial charge in [0.1, 0.15) is 6.17 Å². The molecule has 4 rings (SSSR count). The topological polar surface area (TPSA) is 35.6 Å². The van der Waals surface area contributed by atoms with Crippen LogP contribution in [0.2, 0.25) is 5.02 Å². The molecule has 0 aliphatic carbocycles.